The number of hydrogen-bond donors (Lipinski definition) is 2. The van der Waals surface area contributed by atoms with E-state index in [0.717, 1.165) is 47.0 Å². The summed E-state index contributed by atoms with van der Waals surface area (Å²) in [6.45, 7) is -0.0675. The van der Waals surface area contributed by atoms with Crippen LogP contribution in [-0.4, -0.2) is 20.9 Å². The van der Waals surface area contributed by atoms with Gasteiger partial charge in [0.05, 0.1) is 5.39 Å². The van der Waals surface area contributed by atoms with Gasteiger partial charge in [-0.1, -0.05) is 18.2 Å². The lowest BCUT2D eigenvalue weighted by Crippen LogP contribution is -2.15. The molecule has 0 spiro atoms. The maximum atomic E-state index is 12.5. The zero-order chi connectivity index (χ0) is 18.4. The van der Waals surface area contributed by atoms with Crippen molar-refractivity contribution in [3.8, 4) is 0 Å². The Kier molecular flexibility index (Phi) is 3.82. The van der Waals surface area contributed by atoms with E-state index in [1.165, 1.54) is 4.88 Å². The summed E-state index contributed by atoms with van der Waals surface area (Å²) >= 11 is 1.58. The first-order chi connectivity index (χ1) is 13.2. The average molecular weight is 379 g/mol. The summed E-state index contributed by atoms with van der Waals surface area (Å²) in [5, 5.41) is 1.65. The molecule has 0 saturated heterocycles. The van der Waals surface area contributed by atoms with Crippen molar-refractivity contribution < 1.29 is 9.53 Å². The number of nitrogens with one attached hydrogen (secondary N) is 2. The number of nitrogens with zero attached hydrogens (tertiary/aromatic N) is 1. The summed E-state index contributed by atoms with van der Waals surface area (Å²) in [4.78, 5) is 37.2. The third kappa shape index (κ3) is 2.84. The number of ether oxygens (including phenoxy) is 1. The fourth-order valence-electron chi connectivity index (χ4n) is 3.67. The number of H-pyrrole nitrogens is 2. The molecule has 1 aliphatic carbocycles. The molecule has 4 aromatic rings. The highest BCUT2D eigenvalue weighted by atomic mass is 32.1. The van der Waals surface area contributed by atoms with E-state index in [1.807, 2.05) is 24.3 Å². The van der Waals surface area contributed by atoms with E-state index in [4.69, 9.17) is 4.74 Å². The summed E-state index contributed by atoms with van der Waals surface area (Å²) in [6, 6.07) is 9.39. The summed E-state index contributed by atoms with van der Waals surface area (Å²) in [5.41, 5.74) is 2.26. The van der Waals surface area contributed by atoms with Gasteiger partial charge >= 0.3 is 5.97 Å². The Labute approximate surface area is 158 Å². The molecule has 1 aromatic carbocycles. The Balaban J connectivity index is 1.39. The van der Waals surface area contributed by atoms with Crippen LogP contribution in [-0.2, 0) is 24.2 Å². The topological polar surface area (TPSA) is 87.8 Å². The predicted octanol–water partition coefficient (Wildman–Crippen LogP) is 3.70. The Hall–Kier alpha value is -2.93. The molecule has 27 heavy (non-hydrogen) atoms. The van der Waals surface area contributed by atoms with Gasteiger partial charge in [0.2, 0.25) is 0 Å². The summed E-state index contributed by atoms with van der Waals surface area (Å²) in [5.74, 6) is -0.102. The van der Waals surface area contributed by atoms with Crippen molar-refractivity contribution in [3.63, 3.8) is 0 Å². The molecule has 3 aromatic heterocycles. The van der Waals surface area contributed by atoms with Crippen molar-refractivity contribution >= 4 is 38.4 Å². The molecule has 3 heterocycles. The lowest BCUT2D eigenvalue weighted by molar-refractivity contribution is 0.0456. The minimum atomic E-state index is -0.473. The van der Waals surface area contributed by atoms with Gasteiger partial charge in [0.15, 0.2) is 0 Å². The van der Waals surface area contributed by atoms with E-state index < -0.39 is 5.97 Å². The molecular formula is C20H17N3O3S. The van der Waals surface area contributed by atoms with Gasteiger partial charge in [0.1, 0.15) is 23.0 Å². The zero-order valence-electron chi connectivity index (χ0n) is 14.5. The maximum absolute atomic E-state index is 12.5. The van der Waals surface area contributed by atoms with Crippen molar-refractivity contribution in [2.45, 2.75) is 32.3 Å². The third-order valence-electron chi connectivity index (χ3n) is 4.96. The third-order valence-corrected chi connectivity index (χ3v) is 6.15. The standard InChI is InChI=1S/C20H17N3O3S/c24-18-17-12-6-2-4-8-15(12)27-19(17)23-16(22-18)10-26-20(25)14-9-11-5-1-3-7-13(11)21-14/h1,3,5,7,9,21H,2,4,6,8,10H2,(H,22,23,24). The van der Waals surface area contributed by atoms with Gasteiger partial charge in [-0.15, -0.1) is 11.3 Å². The monoisotopic (exact) mass is 379 g/mol. The first-order valence-corrected chi connectivity index (χ1v) is 9.79. The van der Waals surface area contributed by atoms with Gasteiger partial charge < -0.3 is 14.7 Å². The SMILES string of the molecule is O=C(OCc1nc2sc3c(c2c(=O)[nH]1)CCCC3)c1cc2ccccc2[nH]1. The summed E-state index contributed by atoms with van der Waals surface area (Å²) in [7, 11) is 0. The van der Waals surface area contributed by atoms with Crippen molar-refractivity contribution in [2.24, 2.45) is 0 Å². The number of hydrogen-bond acceptors (Lipinski definition) is 5. The maximum Gasteiger partial charge on any atom is 0.355 e. The number of aromatic nitrogens is 3. The first-order valence-electron chi connectivity index (χ1n) is 8.97. The van der Waals surface area contributed by atoms with Crippen molar-refractivity contribution in [1.82, 2.24) is 15.0 Å². The number of carbonyl (C=O) groups is 1. The number of carbonyl (C=O) groups excluding carboxylic acids is 1. The number of aryl methyl sites for hydroxylation is 2. The van der Waals surface area contributed by atoms with Gasteiger partial charge in [-0.05, 0) is 43.4 Å². The molecule has 1 aliphatic rings. The number of para-hydroxylation sites is 1. The Morgan fingerprint density at radius 3 is 2.93 bits per heavy atom. The molecule has 0 fully saturated rings. The van der Waals surface area contributed by atoms with Gasteiger partial charge in [-0.25, -0.2) is 9.78 Å². The van der Waals surface area contributed by atoms with Crippen molar-refractivity contribution in [3.05, 3.63) is 62.6 Å². The lowest BCUT2D eigenvalue weighted by Gasteiger charge is -2.09. The highest BCUT2D eigenvalue weighted by Crippen LogP contribution is 2.33. The molecule has 0 radical (unpaired) electrons. The van der Waals surface area contributed by atoms with Crippen LogP contribution in [0.4, 0.5) is 0 Å². The van der Waals surface area contributed by atoms with Crippen LogP contribution in [0, 0.1) is 0 Å². The van der Waals surface area contributed by atoms with Gasteiger partial charge in [0, 0.05) is 15.8 Å². The summed E-state index contributed by atoms with van der Waals surface area (Å²) in [6.07, 6.45) is 4.23. The van der Waals surface area contributed by atoms with Crippen molar-refractivity contribution in [1.29, 1.82) is 0 Å². The smallest absolute Gasteiger partial charge is 0.355 e. The van der Waals surface area contributed by atoms with Gasteiger partial charge in [-0.2, -0.15) is 0 Å². The van der Waals surface area contributed by atoms with Crippen LogP contribution in [0.1, 0.15) is 39.6 Å². The number of thiophene rings is 1. The molecule has 0 atom stereocenters. The molecule has 136 valence electrons. The molecule has 0 saturated carbocycles. The number of fused-ring (bicyclic) bond motifs is 4. The van der Waals surface area contributed by atoms with E-state index in [0.29, 0.717) is 16.9 Å². The van der Waals surface area contributed by atoms with E-state index in [9.17, 15) is 9.59 Å². The van der Waals surface area contributed by atoms with Crippen LogP contribution in [0.2, 0.25) is 0 Å². The molecule has 6 nitrogen and oxygen atoms in total. The van der Waals surface area contributed by atoms with E-state index in [2.05, 4.69) is 15.0 Å². The molecule has 0 amide bonds. The Bertz CT molecular complexity index is 1200. The number of aromatic amines is 2. The molecule has 0 aliphatic heterocycles. The van der Waals surface area contributed by atoms with Crippen LogP contribution in [0.25, 0.3) is 21.1 Å². The van der Waals surface area contributed by atoms with Gasteiger partial charge in [-0.3, -0.25) is 4.79 Å². The molecule has 7 heteroatoms. The summed E-state index contributed by atoms with van der Waals surface area (Å²) < 4.78 is 5.35. The molecule has 2 N–H and O–H groups in total. The number of benzene rings is 1. The highest BCUT2D eigenvalue weighted by molar-refractivity contribution is 7.18. The second-order valence-corrected chi connectivity index (χ2v) is 7.83. The highest BCUT2D eigenvalue weighted by Gasteiger charge is 2.20. The zero-order valence-corrected chi connectivity index (χ0v) is 15.3. The minimum absolute atomic E-state index is 0.0675. The second-order valence-electron chi connectivity index (χ2n) is 6.75. The normalized spacial score (nSPS) is 13.8. The first kappa shape index (κ1) is 16.3. The number of esters is 1. The number of rotatable bonds is 3. The molecule has 0 bridgehead atoms. The molecule has 5 rings (SSSR count). The van der Waals surface area contributed by atoms with E-state index >= 15 is 0 Å². The average Bonchev–Trinajstić information content (AvgIpc) is 3.27. The second kappa shape index (κ2) is 6.35. The van der Waals surface area contributed by atoms with Crippen LogP contribution in [0.5, 0.6) is 0 Å². The minimum Gasteiger partial charge on any atom is -0.453 e. The molecular weight excluding hydrogens is 362 g/mol. The Morgan fingerprint density at radius 2 is 2.04 bits per heavy atom. The largest absolute Gasteiger partial charge is 0.453 e. The van der Waals surface area contributed by atoms with Crippen LogP contribution < -0.4 is 5.56 Å². The van der Waals surface area contributed by atoms with Gasteiger partial charge in [0.25, 0.3) is 5.56 Å². The molecule has 0 unspecified atom stereocenters. The van der Waals surface area contributed by atoms with Crippen molar-refractivity contribution in [2.75, 3.05) is 0 Å². The lowest BCUT2D eigenvalue weighted by atomic mass is 9.97. The quantitative estimate of drug-likeness (QED) is 0.531. The van der Waals surface area contributed by atoms with Crippen LogP contribution in [0.15, 0.2) is 35.1 Å². The van der Waals surface area contributed by atoms with E-state index in [-0.39, 0.29) is 12.2 Å². The predicted molar refractivity (Wildman–Crippen MR) is 104 cm³/mol. The van der Waals surface area contributed by atoms with Crippen LogP contribution >= 0.6 is 11.3 Å². The fourth-order valence-corrected chi connectivity index (χ4v) is 4.95. The van der Waals surface area contributed by atoms with E-state index in [1.54, 1.807) is 17.4 Å². The Morgan fingerprint density at radius 1 is 1.19 bits per heavy atom. The fraction of sp³-hybridized carbons (Fsp3) is 0.250. The van der Waals surface area contributed by atoms with Crippen LogP contribution in [0.3, 0.4) is 0 Å².